The monoisotopic (exact) mass is 270 g/mol. The molecule has 0 aromatic heterocycles. The van der Waals surface area contributed by atoms with Gasteiger partial charge in [0.25, 0.3) is 0 Å². The zero-order valence-electron chi connectivity index (χ0n) is 12.3. The largest absolute Gasteiger partial charge is 0.460 e. The average Bonchev–Trinajstić information content (AvgIpc) is 2.33. The lowest BCUT2D eigenvalue weighted by molar-refractivity contribution is -0.155. The molecule has 1 heterocycles. The fourth-order valence-corrected chi connectivity index (χ4v) is 2.08. The van der Waals surface area contributed by atoms with E-state index in [1.807, 2.05) is 26.8 Å². The van der Waals surface area contributed by atoms with Crippen LogP contribution in [0.4, 0.5) is 0 Å². The lowest BCUT2D eigenvalue weighted by Gasteiger charge is -2.28. The van der Waals surface area contributed by atoms with Crippen molar-refractivity contribution in [1.29, 1.82) is 0 Å². The van der Waals surface area contributed by atoms with E-state index < -0.39 is 5.60 Å². The van der Waals surface area contributed by atoms with E-state index >= 15 is 0 Å². The molecule has 0 spiro atoms. The summed E-state index contributed by atoms with van der Waals surface area (Å²) in [6, 6.07) is 0. The Balaban J connectivity index is 2.25. The van der Waals surface area contributed by atoms with Crippen LogP contribution in [-0.2, 0) is 19.0 Å². The highest BCUT2D eigenvalue weighted by Gasteiger charge is 2.23. The molecule has 1 rings (SSSR count). The maximum absolute atomic E-state index is 11.6. The van der Waals surface area contributed by atoms with E-state index in [-0.39, 0.29) is 18.0 Å². The maximum Gasteiger partial charge on any atom is 0.306 e. The van der Waals surface area contributed by atoms with E-state index in [0.29, 0.717) is 26.2 Å². The van der Waals surface area contributed by atoms with Crippen LogP contribution in [0.1, 0.15) is 40.0 Å². The smallest absolute Gasteiger partial charge is 0.306 e. The molecule has 0 saturated carbocycles. The van der Waals surface area contributed by atoms with Crippen molar-refractivity contribution in [2.75, 3.05) is 19.8 Å². The molecule has 2 unspecified atom stereocenters. The number of rotatable bonds is 6. The van der Waals surface area contributed by atoms with Gasteiger partial charge >= 0.3 is 5.97 Å². The summed E-state index contributed by atoms with van der Waals surface area (Å²) in [6.45, 7) is 11.4. The molecule has 0 bridgehead atoms. The molecule has 0 aromatic rings. The van der Waals surface area contributed by atoms with Gasteiger partial charge in [0.15, 0.2) is 0 Å². The lowest BCUT2D eigenvalue weighted by Crippen LogP contribution is -2.34. The summed E-state index contributed by atoms with van der Waals surface area (Å²) < 4.78 is 16.3. The van der Waals surface area contributed by atoms with E-state index in [9.17, 15) is 4.79 Å². The van der Waals surface area contributed by atoms with Crippen LogP contribution in [0, 0.1) is 5.92 Å². The van der Waals surface area contributed by atoms with Gasteiger partial charge in [-0.3, -0.25) is 4.79 Å². The second-order valence-electron chi connectivity index (χ2n) is 5.86. The zero-order valence-corrected chi connectivity index (χ0v) is 12.3. The van der Waals surface area contributed by atoms with Crippen molar-refractivity contribution in [3.63, 3.8) is 0 Å². The third-order valence-electron chi connectivity index (χ3n) is 2.96. The van der Waals surface area contributed by atoms with Gasteiger partial charge in [-0.1, -0.05) is 6.08 Å². The summed E-state index contributed by atoms with van der Waals surface area (Å²) in [5.74, 6) is 0.0962. The molecule has 110 valence electrons. The third-order valence-corrected chi connectivity index (χ3v) is 2.96. The second kappa shape index (κ2) is 7.65. The first-order chi connectivity index (χ1) is 8.92. The van der Waals surface area contributed by atoms with Crippen LogP contribution in [0.2, 0.25) is 0 Å². The van der Waals surface area contributed by atoms with Crippen LogP contribution in [0.25, 0.3) is 0 Å². The van der Waals surface area contributed by atoms with Crippen LogP contribution in [0.3, 0.4) is 0 Å². The highest BCUT2D eigenvalue weighted by atomic mass is 16.6. The van der Waals surface area contributed by atoms with Gasteiger partial charge < -0.3 is 14.2 Å². The number of carbonyl (C=O) groups is 1. The van der Waals surface area contributed by atoms with Gasteiger partial charge in [0.1, 0.15) is 5.60 Å². The summed E-state index contributed by atoms with van der Waals surface area (Å²) in [7, 11) is 0. The summed E-state index contributed by atoms with van der Waals surface area (Å²) in [5, 5.41) is 0. The first kappa shape index (κ1) is 16.2. The molecule has 0 amide bonds. The molecule has 0 aromatic carbocycles. The van der Waals surface area contributed by atoms with Gasteiger partial charge in [-0.2, -0.15) is 0 Å². The molecule has 0 aliphatic carbocycles. The Kier molecular flexibility index (Phi) is 6.52. The SMILES string of the molecule is C=CC(CCCC(=O)OC(C)(C)C)C1COCCO1. The van der Waals surface area contributed by atoms with Crippen molar-refractivity contribution in [1.82, 2.24) is 0 Å². The fourth-order valence-electron chi connectivity index (χ4n) is 2.08. The molecule has 4 heteroatoms. The molecule has 0 N–H and O–H groups in total. The second-order valence-corrected chi connectivity index (χ2v) is 5.86. The minimum absolute atomic E-state index is 0.0740. The Hall–Kier alpha value is -0.870. The quantitative estimate of drug-likeness (QED) is 0.550. The highest BCUT2D eigenvalue weighted by Crippen LogP contribution is 2.20. The maximum atomic E-state index is 11.6. The number of carbonyl (C=O) groups excluding carboxylic acids is 1. The van der Waals surface area contributed by atoms with Crippen molar-refractivity contribution in [3.05, 3.63) is 12.7 Å². The number of hydrogen-bond donors (Lipinski definition) is 0. The summed E-state index contributed by atoms with van der Waals surface area (Å²) in [6.07, 6.45) is 4.07. The molecule has 0 radical (unpaired) electrons. The van der Waals surface area contributed by atoms with Crippen molar-refractivity contribution in [2.45, 2.75) is 51.7 Å². The van der Waals surface area contributed by atoms with Crippen molar-refractivity contribution < 1.29 is 19.0 Å². The molecular formula is C15H26O4. The van der Waals surface area contributed by atoms with Crippen LogP contribution in [0.5, 0.6) is 0 Å². The van der Waals surface area contributed by atoms with Crippen molar-refractivity contribution >= 4 is 5.97 Å². The Bertz CT molecular complexity index is 287. The molecular weight excluding hydrogens is 244 g/mol. The standard InChI is InChI=1S/C15H26O4/c1-5-12(13-11-17-9-10-18-13)7-6-8-14(16)19-15(2,3)4/h5,12-13H,1,6-11H2,2-4H3. The average molecular weight is 270 g/mol. The Morgan fingerprint density at radius 1 is 1.47 bits per heavy atom. The Labute approximate surface area is 116 Å². The molecule has 2 atom stereocenters. The van der Waals surface area contributed by atoms with Crippen molar-refractivity contribution in [2.24, 2.45) is 5.92 Å². The molecule has 1 fully saturated rings. The zero-order chi connectivity index (χ0) is 14.3. The Morgan fingerprint density at radius 2 is 2.21 bits per heavy atom. The molecule has 4 nitrogen and oxygen atoms in total. The van der Waals surface area contributed by atoms with Crippen molar-refractivity contribution in [3.8, 4) is 0 Å². The molecule has 1 aliphatic heterocycles. The van der Waals surface area contributed by atoms with Gasteiger partial charge in [-0.15, -0.1) is 6.58 Å². The number of ether oxygens (including phenoxy) is 3. The van der Waals surface area contributed by atoms with Gasteiger partial charge in [-0.05, 0) is 33.6 Å². The minimum atomic E-state index is -0.407. The summed E-state index contributed by atoms with van der Waals surface area (Å²) >= 11 is 0. The van der Waals surface area contributed by atoms with Crippen LogP contribution < -0.4 is 0 Å². The number of hydrogen-bond acceptors (Lipinski definition) is 4. The van der Waals surface area contributed by atoms with E-state index in [1.165, 1.54) is 0 Å². The van der Waals surface area contributed by atoms with Gasteiger partial charge in [0, 0.05) is 12.3 Å². The summed E-state index contributed by atoms with van der Waals surface area (Å²) in [4.78, 5) is 11.6. The first-order valence-electron chi connectivity index (χ1n) is 6.96. The summed E-state index contributed by atoms with van der Waals surface area (Å²) in [5.41, 5.74) is -0.407. The van der Waals surface area contributed by atoms with Gasteiger partial charge in [0.2, 0.25) is 0 Å². The van der Waals surface area contributed by atoms with E-state index in [0.717, 1.165) is 12.8 Å². The van der Waals surface area contributed by atoms with Crippen LogP contribution >= 0.6 is 0 Å². The molecule has 19 heavy (non-hydrogen) atoms. The van der Waals surface area contributed by atoms with E-state index in [4.69, 9.17) is 14.2 Å². The predicted octanol–water partition coefficient (Wildman–Crippen LogP) is 2.72. The third kappa shape index (κ3) is 6.73. The van der Waals surface area contributed by atoms with Crippen LogP contribution in [-0.4, -0.2) is 37.5 Å². The molecule has 1 saturated heterocycles. The first-order valence-corrected chi connectivity index (χ1v) is 6.96. The lowest BCUT2D eigenvalue weighted by atomic mass is 9.96. The number of esters is 1. The fraction of sp³-hybridized carbons (Fsp3) is 0.800. The topological polar surface area (TPSA) is 44.8 Å². The minimum Gasteiger partial charge on any atom is -0.460 e. The normalized spacial score (nSPS) is 21.7. The van der Waals surface area contributed by atoms with Gasteiger partial charge in [-0.25, -0.2) is 0 Å². The highest BCUT2D eigenvalue weighted by molar-refractivity contribution is 5.69. The van der Waals surface area contributed by atoms with Gasteiger partial charge in [0.05, 0.1) is 25.9 Å². The van der Waals surface area contributed by atoms with E-state index in [2.05, 4.69) is 6.58 Å². The Morgan fingerprint density at radius 3 is 2.74 bits per heavy atom. The molecule has 1 aliphatic rings. The predicted molar refractivity (Wildman–Crippen MR) is 73.9 cm³/mol. The van der Waals surface area contributed by atoms with Crippen LogP contribution in [0.15, 0.2) is 12.7 Å². The van der Waals surface area contributed by atoms with E-state index in [1.54, 1.807) is 0 Å².